The van der Waals surface area contributed by atoms with Gasteiger partial charge in [0.25, 0.3) is 0 Å². The molecule has 0 radical (unpaired) electrons. The number of methoxy groups -OCH3 is 1. The molecule has 0 bridgehead atoms. The molecule has 1 aromatic rings. The predicted molar refractivity (Wildman–Crippen MR) is 83.0 cm³/mol. The Morgan fingerprint density at radius 3 is 2.25 bits per heavy atom. The molecule has 0 saturated heterocycles. The van der Waals surface area contributed by atoms with Gasteiger partial charge in [0.2, 0.25) is 0 Å². The van der Waals surface area contributed by atoms with E-state index in [9.17, 15) is 4.55 Å². The highest BCUT2D eigenvalue weighted by Gasteiger charge is 2.38. The normalized spacial score (nSPS) is 16.1. The van der Waals surface area contributed by atoms with Gasteiger partial charge in [0, 0.05) is 18.4 Å². The van der Waals surface area contributed by atoms with E-state index in [1.165, 1.54) is 0 Å². The molecule has 5 nitrogen and oxygen atoms in total. The minimum atomic E-state index is -1.17. The van der Waals surface area contributed by atoms with E-state index in [-0.39, 0.29) is 16.2 Å². The number of hydrogen-bond donors (Lipinski definition) is 1. The van der Waals surface area contributed by atoms with Gasteiger partial charge in [-0.15, -0.1) is 4.72 Å². The zero-order chi connectivity index (χ0) is 15.7. The Morgan fingerprint density at radius 1 is 1.30 bits per heavy atom. The van der Waals surface area contributed by atoms with Gasteiger partial charge in [-0.25, -0.2) is 0 Å². The molecular formula is C14H27N3O2S. The van der Waals surface area contributed by atoms with Crippen molar-refractivity contribution < 1.29 is 9.29 Å². The Hall–Kier alpha value is -0.720. The Morgan fingerprint density at radius 2 is 1.85 bits per heavy atom. The topological polar surface area (TPSA) is 62.1 Å². The highest BCUT2D eigenvalue weighted by atomic mass is 32.2. The summed E-state index contributed by atoms with van der Waals surface area (Å²) in [5.74, 6) is 0.714. The zero-order valence-electron chi connectivity index (χ0n) is 13.8. The number of aromatic nitrogens is 2. The summed E-state index contributed by atoms with van der Waals surface area (Å²) in [6.07, 6.45) is 1.83. The number of aryl methyl sites for hydroxylation is 1. The van der Waals surface area contributed by atoms with Crippen molar-refractivity contribution in [2.24, 2.45) is 12.5 Å². The quantitative estimate of drug-likeness (QED) is 0.868. The summed E-state index contributed by atoms with van der Waals surface area (Å²) in [6.45, 7) is 12.1. The zero-order valence-corrected chi connectivity index (χ0v) is 14.6. The molecule has 0 saturated carbocycles. The monoisotopic (exact) mass is 301 g/mol. The second-order valence-corrected chi connectivity index (χ2v) is 9.05. The molecule has 0 aliphatic carbocycles. The van der Waals surface area contributed by atoms with Crippen molar-refractivity contribution >= 4 is 11.4 Å². The Labute approximate surface area is 125 Å². The van der Waals surface area contributed by atoms with E-state index in [1.807, 2.05) is 34.0 Å². The van der Waals surface area contributed by atoms with Crippen molar-refractivity contribution in [3.8, 4) is 5.75 Å². The van der Waals surface area contributed by atoms with Crippen molar-refractivity contribution in [1.29, 1.82) is 0 Å². The van der Waals surface area contributed by atoms with Crippen molar-refractivity contribution in [2.45, 2.75) is 52.3 Å². The highest BCUT2D eigenvalue weighted by Crippen LogP contribution is 2.37. The molecule has 1 N–H and O–H groups in total. The van der Waals surface area contributed by atoms with Gasteiger partial charge in [0.05, 0.1) is 13.3 Å². The lowest BCUT2D eigenvalue weighted by Crippen LogP contribution is -2.45. The maximum Gasteiger partial charge on any atom is 0.161 e. The third-order valence-corrected chi connectivity index (χ3v) is 4.52. The van der Waals surface area contributed by atoms with Crippen molar-refractivity contribution in [3.63, 3.8) is 0 Å². The van der Waals surface area contributed by atoms with Crippen LogP contribution >= 0.6 is 0 Å². The van der Waals surface area contributed by atoms with Gasteiger partial charge in [-0.1, -0.05) is 20.8 Å². The van der Waals surface area contributed by atoms with Gasteiger partial charge in [-0.3, -0.25) is 4.68 Å². The molecule has 1 aromatic heterocycles. The van der Waals surface area contributed by atoms with Crippen molar-refractivity contribution in [3.05, 3.63) is 11.9 Å². The molecule has 1 unspecified atom stereocenters. The number of rotatable bonds is 4. The summed E-state index contributed by atoms with van der Waals surface area (Å²) in [5.41, 5.74) is 0.655. The van der Waals surface area contributed by atoms with Crippen molar-refractivity contribution in [2.75, 3.05) is 7.11 Å². The van der Waals surface area contributed by atoms with Crippen LogP contribution in [-0.4, -0.2) is 26.2 Å². The Kier molecular flexibility index (Phi) is 5.16. The predicted octanol–water partition coefficient (Wildman–Crippen LogP) is 2.57. The lowest BCUT2D eigenvalue weighted by atomic mass is 9.85. The number of ether oxygens (including phenoxy) is 1. The standard InChI is InChI=1S/C14H27N3O2S/c1-13(2,3)12(16-20(18)14(4,5)6)11-10(19-8)9-17(7)15-11/h9,12,16H,1-8H3/t12?,20-/m1/s1. The van der Waals surface area contributed by atoms with Crippen LogP contribution in [0.15, 0.2) is 6.20 Å². The summed E-state index contributed by atoms with van der Waals surface area (Å²) in [5, 5.41) is 4.48. The van der Waals surface area contributed by atoms with Crippen LogP contribution in [0.2, 0.25) is 0 Å². The van der Waals surface area contributed by atoms with Gasteiger partial charge < -0.3 is 9.29 Å². The van der Waals surface area contributed by atoms with Crippen LogP contribution < -0.4 is 9.46 Å². The Bertz CT molecular complexity index is 446. The molecule has 116 valence electrons. The highest BCUT2D eigenvalue weighted by molar-refractivity contribution is 7.90. The minimum Gasteiger partial charge on any atom is -0.598 e. The third kappa shape index (κ3) is 4.14. The minimum absolute atomic E-state index is 0.136. The molecule has 0 aliphatic heterocycles. The number of nitrogens with one attached hydrogen (secondary N) is 1. The van der Waals surface area contributed by atoms with Gasteiger partial charge in [-0.2, -0.15) is 5.10 Å². The van der Waals surface area contributed by atoms with E-state index < -0.39 is 11.4 Å². The van der Waals surface area contributed by atoms with Crippen LogP contribution in [0.25, 0.3) is 0 Å². The number of nitrogens with zero attached hydrogens (tertiary/aromatic N) is 2. The van der Waals surface area contributed by atoms with E-state index >= 15 is 0 Å². The number of hydrogen-bond acceptors (Lipinski definition) is 4. The molecule has 20 heavy (non-hydrogen) atoms. The smallest absolute Gasteiger partial charge is 0.161 e. The average Bonchev–Trinajstić information content (AvgIpc) is 2.63. The van der Waals surface area contributed by atoms with E-state index in [2.05, 4.69) is 30.6 Å². The molecule has 0 aromatic carbocycles. The summed E-state index contributed by atoms with van der Waals surface area (Å²) in [4.78, 5) is 0. The second kappa shape index (κ2) is 5.95. The van der Waals surface area contributed by atoms with E-state index in [4.69, 9.17) is 4.74 Å². The molecule has 0 aliphatic rings. The summed E-state index contributed by atoms with van der Waals surface area (Å²) in [6, 6.07) is -0.154. The van der Waals surface area contributed by atoms with E-state index in [1.54, 1.807) is 11.8 Å². The Balaban J connectivity index is 3.14. The maximum absolute atomic E-state index is 12.4. The summed E-state index contributed by atoms with van der Waals surface area (Å²) < 4.78 is 22.4. The molecule has 0 amide bonds. The van der Waals surface area contributed by atoms with Crippen molar-refractivity contribution in [1.82, 2.24) is 14.5 Å². The fourth-order valence-corrected chi connectivity index (χ4v) is 2.80. The van der Waals surface area contributed by atoms with Gasteiger partial charge >= 0.3 is 0 Å². The second-order valence-electron chi connectivity index (χ2n) is 7.05. The van der Waals surface area contributed by atoms with Crippen LogP contribution in [0.4, 0.5) is 0 Å². The summed E-state index contributed by atoms with van der Waals surface area (Å²) in [7, 11) is 3.48. The van der Waals surface area contributed by atoms with E-state index in [0.29, 0.717) is 5.75 Å². The molecule has 0 spiro atoms. The SMILES string of the molecule is COc1cn(C)nc1C(N[S@+]([O-])C(C)(C)C)C(C)(C)C. The first-order chi connectivity index (χ1) is 8.96. The fraction of sp³-hybridized carbons (Fsp3) is 0.786. The summed E-state index contributed by atoms with van der Waals surface area (Å²) >= 11 is -1.17. The molecular weight excluding hydrogens is 274 g/mol. The van der Waals surface area contributed by atoms with Gasteiger partial charge in [0.1, 0.15) is 16.5 Å². The molecule has 6 heteroatoms. The van der Waals surface area contributed by atoms with Crippen LogP contribution in [0.1, 0.15) is 53.3 Å². The lowest BCUT2D eigenvalue weighted by Gasteiger charge is -2.34. The average molecular weight is 301 g/mol. The first kappa shape index (κ1) is 17.3. The molecule has 0 fully saturated rings. The largest absolute Gasteiger partial charge is 0.598 e. The van der Waals surface area contributed by atoms with Crippen LogP contribution in [0.5, 0.6) is 5.75 Å². The van der Waals surface area contributed by atoms with Crippen LogP contribution in [0.3, 0.4) is 0 Å². The van der Waals surface area contributed by atoms with Crippen LogP contribution in [-0.2, 0) is 18.4 Å². The first-order valence-electron chi connectivity index (χ1n) is 6.72. The molecule has 2 atom stereocenters. The maximum atomic E-state index is 12.4. The molecule has 1 rings (SSSR count). The lowest BCUT2D eigenvalue weighted by molar-refractivity contribution is 0.286. The van der Waals surface area contributed by atoms with Gasteiger partial charge in [-0.05, 0) is 26.2 Å². The van der Waals surface area contributed by atoms with E-state index in [0.717, 1.165) is 5.69 Å². The fourth-order valence-electron chi connectivity index (χ4n) is 1.77. The third-order valence-electron chi connectivity index (χ3n) is 2.96. The first-order valence-corrected chi connectivity index (χ1v) is 7.87. The molecule has 1 heterocycles. The van der Waals surface area contributed by atoms with Crippen LogP contribution in [0, 0.1) is 5.41 Å². The van der Waals surface area contributed by atoms with Gasteiger partial charge in [0.15, 0.2) is 5.75 Å².